The highest BCUT2D eigenvalue weighted by Gasteiger charge is 2.28. The predicted molar refractivity (Wildman–Crippen MR) is 78.3 cm³/mol. The molecule has 2 aromatic rings. The molecule has 0 atom stereocenters. The lowest BCUT2D eigenvalue weighted by atomic mass is 10.1. The molecular weight excluding hydrogens is 278 g/mol. The van der Waals surface area contributed by atoms with Gasteiger partial charge in [0, 0.05) is 5.92 Å². The first kappa shape index (κ1) is 14.5. The van der Waals surface area contributed by atoms with E-state index in [1.54, 1.807) is 0 Å². The fourth-order valence-corrected chi connectivity index (χ4v) is 2.36. The molecule has 0 N–H and O–H groups in total. The van der Waals surface area contributed by atoms with E-state index >= 15 is 0 Å². The van der Waals surface area contributed by atoms with E-state index in [9.17, 15) is 10.1 Å². The SMILES string of the molecule is Cc1cccc(Cn2nc(C(C)C)c([N+](=O)[O-])c2Cl)c1. The zero-order chi connectivity index (χ0) is 14.9. The Morgan fingerprint density at radius 2 is 2.15 bits per heavy atom. The second-order valence-corrected chi connectivity index (χ2v) is 5.44. The van der Waals surface area contributed by atoms with Gasteiger partial charge in [-0.25, -0.2) is 4.68 Å². The minimum Gasteiger partial charge on any atom is -0.258 e. The summed E-state index contributed by atoms with van der Waals surface area (Å²) in [6, 6.07) is 7.90. The van der Waals surface area contributed by atoms with Gasteiger partial charge in [-0.1, -0.05) is 55.3 Å². The van der Waals surface area contributed by atoms with Crippen LogP contribution >= 0.6 is 11.6 Å². The van der Waals surface area contributed by atoms with Crippen LogP contribution in [0.5, 0.6) is 0 Å². The molecule has 5 nitrogen and oxygen atoms in total. The molecule has 2 rings (SSSR count). The van der Waals surface area contributed by atoms with Gasteiger partial charge in [0.1, 0.15) is 5.69 Å². The highest BCUT2D eigenvalue weighted by Crippen LogP contribution is 2.33. The van der Waals surface area contributed by atoms with E-state index in [0.29, 0.717) is 12.2 Å². The lowest BCUT2D eigenvalue weighted by Gasteiger charge is -2.04. The highest BCUT2D eigenvalue weighted by molar-refractivity contribution is 6.31. The molecule has 0 aliphatic carbocycles. The van der Waals surface area contributed by atoms with Crippen LogP contribution in [0.4, 0.5) is 5.69 Å². The molecule has 1 heterocycles. The van der Waals surface area contributed by atoms with Gasteiger partial charge in [0.2, 0.25) is 5.15 Å². The number of aryl methyl sites for hydroxylation is 1. The van der Waals surface area contributed by atoms with E-state index in [1.807, 2.05) is 45.0 Å². The van der Waals surface area contributed by atoms with Crippen molar-refractivity contribution in [1.29, 1.82) is 0 Å². The van der Waals surface area contributed by atoms with Crippen LogP contribution in [-0.2, 0) is 6.54 Å². The van der Waals surface area contributed by atoms with Crippen molar-refractivity contribution in [2.24, 2.45) is 0 Å². The van der Waals surface area contributed by atoms with Crippen LogP contribution in [0.3, 0.4) is 0 Å². The normalized spacial score (nSPS) is 11.1. The van der Waals surface area contributed by atoms with Gasteiger partial charge in [0.05, 0.1) is 11.5 Å². The van der Waals surface area contributed by atoms with E-state index in [0.717, 1.165) is 11.1 Å². The molecule has 106 valence electrons. The Kier molecular flexibility index (Phi) is 4.09. The molecule has 0 unspecified atom stereocenters. The molecular formula is C14H16ClN3O2. The van der Waals surface area contributed by atoms with Crippen molar-refractivity contribution in [2.45, 2.75) is 33.2 Å². The molecule has 0 saturated heterocycles. The summed E-state index contributed by atoms with van der Waals surface area (Å²) in [4.78, 5) is 10.7. The average Bonchev–Trinajstić information content (AvgIpc) is 2.67. The van der Waals surface area contributed by atoms with Crippen LogP contribution in [0.1, 0.15) is 36.6 Å². The largest absolute Gasteiger partial charge is 0.329 e. The molecule has 0 saturated carbocycles. The van der Waals surface area contributed by atoms with Crippen molar-refractivity contribution in [3.63, 3.8) is 0 Å². The zero-order valence-corrected chi connectivity index (χ0v) is 12.4. The van der Waals surface area contributed by atoms with Crippen molar-refractivity contribution in [1.82, 2.24) is 9.78 Å². The first-order chi connectivity index (χ1) is 9.40. The molecule has 0 spiro atoms. The quantitative estimate of drug-likeness (QED) is 0.634. The second kappa shape index (κ2) is 5.63. The van der Waals surface area contributed by atoms with Crippen molar-refractivity contribution in [3.8, 4) is 0 Å². The first-order valence-corrected chi connectivity index (χ1v) is 6.74. The Morgan fingerprint density at radius 3 is 2.65 bits per heavy atom. The van der Waals surface area contributed by atoms with E-state index in [1.165, 1.54) is 4.68 Å². The molecule has 0 fully saturated rings. The minimum absolute atomic E-state index is 0.0494. The lowest BCUT2D eigenvalue weighted by molar-refractivity contribution is -0.385. The summed E-state index contributed by atoms with van der Waals surface area (Å²) in [5.74, 6) is -0.0494. The van der Waals surface area contributed by atoms with Crippen molar-refractivity contribution in [3.05, 3.63) is 56.4 Å². The van der Waals surface area contributed by atoms with Gasteiger partial charge in [0.15, 0.2) is 0 Å². The van der Waals surface area contributed by atoms with Crippen LogP contribution in [0.2, 0.25) is 5.15 Å². The molecule has 0 bridgehead atoms. The Morgan fingerprint density at radius 1 is 1.45 bits per heavy atom. The van der Waals surface area contributed by atoms with Gasteiger partial charge in [-0.3, -0.25) is 10.1 Å². The number of nitro groups is 1. The summed E-state index contributed by atoms with van der Waals surface area (Å²) in [5, 5.41) is 15.5. The van der Waals surface area contributed by atoms with Crippen molar-refractivity contribution in [2.75, 3.05) is 0 Å². The van der Waals surface area contributed by atoms with E-state index in [-0.39, 0.29) is 16.8 Å². The molecule has 1 aromatic heterocycles. The summed E-state index contributed by atoms with van der Waals surface area (Å²) < 4.78 is 1.49. The molecule has 0 radical (unpaired) electrons. The van der Waals surface area contributed by atoms with Gasteiger partial charge in [0.25, 0.3) is 0 Å². The molecule has 20 heavy (non-hydrogen) atoms. The number of benzene rings is 1. The number of aromatic nitrogens is 2. The van der Waals surface area contributed by atoms with Crippen LogP contribution < -0.4 is 0 Å². The summed E-state index contributed by atoms with van der Waals surface area (Å²) in [7, 11) is 0. The number of hydrogen-bond donors (Lipinski definition) is 0. The minimum atomic E-state index is -0.461. The Balaban J connectivity index is 2.43. The molecule has 1 aromatic carbocycles. The van der Waals surface area contributed by atoms with Crippen LogP contribution in [0.15, 0.2) is 24.3 Å². The maximum absolute atomic E-state index is 11.1. The second-order valence-electron chi connectivity index (χ2n) is 5.08. The van der Waals surface area contributed by atoms with Gasteiger partial charge in [-0.2, -0.15) is 5.10 Å². The summed E-state index contributed by atoms with van der Waals surface area (Å²) in [5.41, 5.74) is 2.48. The summed E-state index contributed by atoms with van der Waals surface area (Å²) >= 11 is 6.12. The molecule has 0 aliphatic heterocycles. The fourth-order valence-electron chi connectivity index (χ4n) is 2.10. The third-order valence-corrected chi connectivity index (χ3v) is 3.41. The van der Waals surface area contributed by atoms with Gasteiger partial charge in [-0.15, -0.1) is 0 Å². The lowest BCUT2D eigenvalue weighted by Crippen LogP contribution is -2.03. The van der Waals surface area contributed by atoms with Crippen molar-refractivity contribution < 1.29 is 4.92 Å². The predicted octanol–water partition coefficient (Wildman–Crippen LogP) is 3.92. The van der Waals surface area contributed by atoms with E-state index in [2.05, 4.69) is 5.10 Å². The van der Waals surface area contributed by atoms with Crippen LogP contribution in [0.25, 0.3) is 0 Å². The zero-order valence-electron chi connectivity index (χ0n) is 11.6. The van der Waals surface area contributed by atoms with E-state index in [4.69, 9.17) is 11.6 Å². The van der Waals surface area contributed by atoms with E-state index < -0.39 is 4.92 Å². The Bertz CT molecular complexity index is 650. The Hall–Kier alpha value is -1.88. The third-order valence-electron chi connectivity index (χ3n) is 3.04. The van der Waals surface area contributed by atoms with Gasteiger partial charge >= 0.3 is 5.69 Å². The average molecular weight is 294 g/mol. The molecule has 6 heteroatoms. The highest BCUT2D eigenvalue weighted by atomic mass is 35.5. The number of nitrogens with zero attached hydrogens (tertiary/aromatic N) is 3. The van der Waals surface area contributed by atoms with Gasteiger partial charge < -0.3 is 0 Å². The monoisotopic (exact) mass is 293 g/mol. The summed E-state index contributed by atoms with van der Waals surface area (Å²) in [6.07, 6.45) is 0. The number of rotatable bonds is 4. The smallest absolute Gasteiger partial charge is 0.258 e. The van der Waals surface area contributed by atoms with Gasteiger partial charge in [-0.05, 0) is 12.5 Å². The molecule has 0 aliphatic rings. The topological polar surface area (TPSA) is 61.0 Å². The standard InChI is InChI=1S/C14H16ClN3O2/c1-9(2)12-13(18(19)20)14(15)17(16-12)8-11-6-4-5-10(3)7-11/h4-7,9H,8H2,1-3H3. The Labute approximate surface area is 122 Å². The number of halogens is 1. The molecule has 0 amide bonds. The maximum atomic E-state index is 11.1. The van der Waals surface area contributed by atoms with Crippen LogP contribution in [-0.4, -0.2) is 14.7 Å². The summed E-state index contributed by atoms with van der Waals surface area (Å²) in [6.45, 7) is 6.15. The van der Waals surface area contributed by atoms with Crippen LogP contribution in [0, 0.1) is 17.0 Å². The maximum Gasteiger partial charge on any atom is 0.329 e. The number of hydrogen-bond acceptors (Lipinski definition) is 3. The fraction of sp³-hybridized carbons (Fsp3) is 0.357. The first-order valence-electron chi connectivity index (χ1n) is 6.36. The third kappa shape index (κ3) is 2.82. The van der Waals surface area contributed by atoms with Crippen molar-refractivity contribution >= 4 is 17.3 Å².